The molecule has 2 unspecified atom stereocenters. The molecule has 5 nitrogen and oxygen atoms in total. The summed E-state index contributed by atoms with van der Waals surface area (Å²) in [6.45, 7) is 2.35. The Morgan fingerprint density at radius 3 is 2.76 bits per heavy atom. The molecule has 1 saturated carbocycles. The second kappa shape index (κ2) is 6.35. The van der Waals surface area contributed by atoms with Gasteiger partial charge >= 0.3 is 0 Å². The zero-order valence-corrected chi connectivity index (χ0v) is 12.9. The van der Waals surface area contributed by atoms with Gasteiger partial charge in [-0.05, 0) is 38.0 Å². The first-order chi connectivity index (χ1) is 10.0. The molecule has 0 aromatic heterocycles. The summed E-state index contributed by atoms with van der Waals surface area (Å²) >= 11 is 0. The zero-order chi connectivity index (χ0) is 15.5. The van der Waals surface area contributed by atoms with Crippen molar-refractivity contribution in [1.82, 2.24) is 5.32 Å². The van der Waals surface area contributed by atoms with Gasteiger partial charge in [-0.3, -0.25) is 4.79 Å². The average molecular weight is 292 g/mol. The molecule has 0 radical (unpaired) electrons. The monoisotopic (exact) mass is 292 g/mol. The zero-order valence-electron chi connectivity index (χ0n) is 12.9. The summed E-state index contributed by atoms with van der Waals surface area (Å²) < 4.78 is 10.5. The topological polar surface area (TPSA) is 73.6 Å². The molecule has 0 bridgehead atoms. The van der Waals surface area contributed by atoms with Gasteiger partial charge in [0.1, 0.15) is 11.5 Å². The maximum atomic E-state index is 12.4. The minimum atomic E-state index is -0.466. The van der Waals surface area contributed by atoms with E-state index >= 15 is 0 Å². The highest BCUT2D eigenvalue weighted by atomic mass is 16.5. The van der Waals surface area contributed by atoms with Gasteiger partial charge in [-0.25, -0.2) is 0 Å². The third-order valence-corrected chi connectivity index (χ3v) is 4.48. The fourth-order valence-electron chi connectivity index (χ4n) is 2.87. The van der Waals surface area contributed by atoms with Crippen LogP contribution in [-0.2, 0) is 11.3 Å². The van der Waals surface area contributed by atoms with Crippen molar-refractivity contribution in [2.75, 3.05) is 14.2 Å². The maximum absolute atomic E-state index is 12.4. The molecule has 0 aliphatic heterocycles. The molecule has 21 heavy (non-hydrogen) atoms. The van der Waals surface area contributed by atoms with E-state index in [1.807, 2.05) is 25.1 Å². The molecule has 116 valence electrons. The second-order valence-corrected chi connectivity index (χ2v) is 5.78. The Kier molecular flexibility index (Phi) is 4.73. The molecule has 1 aromatic carbocycles. The maximum Gasteiger partial charge on any atom is 0.227 e. The van der Waals surface area contributed by atoms with Gasteiger partial charge in [0.25, 0.3) is 0 Å². The first kappa shape index (κ1) is 15.6. The summed E-state index contributed by atoms with van der Waals surface area (Å²) in [6, 6.07) is 5.47. The van der Waals surface area contributed by atoms with Crippen molar-refractivity contribution in [2.45, 2.75) is 38.8 Å². The third kappa shape index (κ3) is 3.13. The van der Waals surface area contributed by atoms with Gasteiger partial charge in [0, 0.05) is 18.2 Å². The average Bonchev–Trinajstić information content (AvgIpc) is 2.85. The van der Waals surface area contributed by atoms with Crippen molar-refractivity contribution >= 4 is 5.91 Å². The second-order valence-electron chi connectivity index (χ2n) is 5.78. The predicted molar refractivity (Wildman–Crippen MR) is 81.3 cm³/mol. The van der Waals surface area contributed by atoms with Gasteiger partial charge in [-0.1, -0.05) is 6.42 Å². The van der Waals surface area contributed by atoms with E-state index in [4.69, 9.17) is 15.2 Å². The van der Waals surface area contributed by atoms with Gasteiger partial charge in [0.05, 0.1) is 19.6 Å². The summed E-state index contributed by atoms with van der Waals surface area (Å²) in [5.41, 5.74) is 6.50. The first-order valence-electron chi connectivity index (χ1n) is 7.26. The van der Waals surface area contributed by atoms with E-state index < -0.39 is 5.41 Å². The van der Waals surface area contributed by atoms with Crippen molar-refractivity contribution in [2.24, 2.45) is 11.1 Å². The molecule has 2 rings (SSSR count). The van der Waals surface area contributed by atoms with E-state index in [-0.39, 0.29) is 11.9 Å². The molecular formula is C16H24N2O3. The Balaban J connectivity index is 2.07. The van der Waals surface area contributed by atoms with Crippen molar-refractivity contribution in [1.29, 1.82) is 0 Å². The molecule has 0 saturated heterocycles. The summed E-state index contributed by atoms with van der Waals surface area (Å²) in [5, 5.41) is 2.98. The normalized spacial score (nSPS) is 24.7. The summed E-state index contributed by atoms with van der Waals surface area (Å²) in [5.74, 6) is 1.48. The lowest BCUT2D eigenvalue weighted by molar-refractivity contribution is -0.130. The first-order valence-corrected chi connectivity index (χ1v) is 7.26. The number of nitrogens with one attached hydrogen (secondary N) is 1. The number of rotatable bonds is 5. The van der Waals surface area contributed by atoms with Crippen LogP contribution in [0.25, 0.3) is 0 Å². The smallest absolute Gasteiger partial charge is 0.227 e. The number of hydrogen-bond donors (Lipinski definition) is 2. The largest absolute Gasteiger partial charge is 0.497 e. The van der Waals surface area contributed by atoms with Crippen LogP contribution in [0.3, 0.4) is 0 Å². The summed E-state index contributed by atoms with van der Waals surface area (Å²) in [7, 11) is 3.23. The Hall–Kier alpha value is -1.75. The van der Waals surface area contributed by atoms with E-state index in [9.17, 15) is 4.79 Å². The lowest BCUT2D eigenvalue weighted by Gasteiger charge is -2.27. The van der Waals surface area contributed by atoms with Crippen LogP contribution in [0.1, 0.15) is 31.7 Å². The molecule has 1 amide bonds. The van der Waals surface area contributed by atoms with Crippen molar-refractivity contribution in [3.63, 3.8) is 0 Å². The van der Waals surface area contributed by atoms with E-state index in [1.54, 1.807) is 14.2 Å². The van der Waals surface area contributed by atoms with Gasteiger partial charge in [0.2, 0.25) is 5.91 Å². The molecule has 1 aromatic rings. The van der Waals surface area contributed by atoms with Crippen LogP contribution in [0.2, 0.25) is 0 Å². The van der Waals surface area contributed by atoms with Gasteiger partial charge in [0.15, 0.2) is 0 Å². The van der Waals surface area contributed by atoms with Crippen molar-refractivity contribution < 1.29 is 14.3 Å². The third-order valence-electron chi connectivity index (χ3n) is 4.48. The predicted octanol–water partition coefficient (Wildman–Crippen LogP) is 1.84. The molecule has 0 spiro atoms. The fraction of sp³-hybridized carbons (Fsp3) is 0.562. The quantitative estimate of drug-likeness (QED) is 0.868. The number of carbonyl (C=O) groups excluding carboxylic acids is 1. The Morgan fingerprint density at radius 2 is 2.19 bits per heavy atom. The van der Waals surface area contributed by atoms with Crippen LogP contribution in [0.5, 0.6) is 11.5 Å². The SMILES string of the molecule is COc1ccc(OC)c(CNC(=O)C2(C)CCCC2N)c1. The van der Waals surface area contributed by atoms with Crippen LogP contribution in [0, 0.1) is 5.41 Å². The molecule has 5 heteroatoms. The van der Waals surface area contributed by atoms with Crippen LogP contribution in [0.15, 0.2) is 18.2 Å². The molecule has 1 aliphatic rings. The van der Waals surface area contributed by atoms with Gasteiger partial charge in [-0.2, -0.15) is 0 Å². The van der Waals surface area contributed by atoms with E-state index in [1.165, 1.54) is 0 Å². The Morgan fingerprint density at radius 1 is 1.43 bits per heavy atom. The molecule has 3 N–H and O–H groups in total. The number of hydrogen-bond acceptors (Lipinski definition) is 4. The minimum Gasteiger partial charge on any atom is -0.497 e. The van der Waals surface area contributed by atoms with Gasteiger partial charge < -0.3 is 20.5 Å². The van der Waals surface area contributed by atoms with Crippen LogP contribution < -0.4 is 20.5 Å². The molecule has 1 fully saturated rings. The van der Waals surface area contributed by atoms with Crippen LogP contribution in [-0.4, -0.2) is 26.2 Å². The van der Waals surface area contributed by atoms with Crippen molar-refractivity contribution in [3.8, 4) is 11.5 Å². The van der Waals surface area contributed by atoms with Crippen LogP contribution >= 0.6 is 0 Å². The minimum absolute atomic E-state index is 0.0115. The lowest BCUT2D eigenvalue weighted by atomic mass is 9.84. The Labute approximate surface area is 125 Å². The fourth-order valence-corrected chi connectivity index (χ4v) is 2.87. The number of nitrogens with two attached hydrogens (primary N) is 1. The van der Waals surface area contributed by atoms with E-state index in [0.717, 1.165) is 36.3 Å². The van der Waals surface area contributed by atoms with E-state index in [2.05, 4.69) is 5.32 Å². The molecular weight excluding hydrogens is 268 g/mol. The lowest BCUT2D eigenvalue weighted by Crippen LogP contribution is -2.47. The molecule has 2 atom stereocenters. The van der Waals surface area contributed by atoms with Gasteiger partial charge in [-0.15, -0.1) is 0 Å². The number of carbonyl (C=O) groups is 1. The molecule has 1 aliphatic carbocycles. The number of ether oxygens (including phenoxy) is 2. The summed E-state index contributed by atoms with van der Waals surface area (Å²) in [6.07, 6.45) is 2.76. The van der Waals surface area contributed by atoms with Crippen molar-refractivity contribution in [3.05, 3.63) is 23.8 Å². The number of methoxy groups -OCH3 is 2. The number of benzene rings is 1. The van der Waals surface area contributed by atoms with Crippen LogP contribution in [0.4, 0.5) is 0 Å². The highest BCUT2D eigenvalue weighted by Crippen LogP contribution is 2.37. The molecule has 0 heterocycles. The van der Waals surface area contributed by atoms with E-state index in [0.29, 0.717) is 6.54 Å². The highest BCUT2D eigenvalue weighted by Gasteiger charge is 2.42. The summed E-state index contributed by atoms with van der Waals surface area (Å²) in [4.78, 5) is 12.4. The number of amides is 1. The highest BCUT2D eigenvalue weighted by molar-refractivity contribution is 5.83. The Bertz CT molecular complexity index is 518. The standard InChI is InChI=1S/C16H24N2O3/c1-16(8-4-5-14(16)17)15(19)18-10-11-9-12(20-2)6-7-13(11)21-3/h6-7,9,14H,4-5,8,10,17H2,1-3H3,(H,18,19).